The Labute approximate surface area is 61.3 Å². The van der Waals surface area contributed by atoms with E-state index in [2.05, 4.69) is 6.92 Å². The van der Waals surface area contributed by atoms with Gasteiger partial charge in [-0.2, -0.15) is 0 Å². The Balaban J connectivity index is 2.01. The smallest absolute Gasteiger partial charge is 0.0516 e. The van der Waals surface area contributed by atoms with E-state index < -0.39 is 0 Å². The third kappa shape index (κ3) is 2.15. The van der Waals surface area contributed by atoms with E-state index in [1.807, 2.05) is 0 Å². The maximum atomic E-state index is 5.92. The lowest BCUT2D eigenvalue weighted by Gasteiger charge is -2.27. The third-order valence-electron chi connectivity index (χ3n) is 1.74. The van der Waals surface area contributed by atoms with Crippen molar-refractivity contribution in [1.82, 2.24) is 0 Å². The van der Waals surface area contributed by atoms with Crippen molar-refractivity contribution in [2.45, 2.75) is 25.1 Å². The van der Waals surface area contributed by atoms with Gasteiger partial charge in [0, 0.05) is 11.3 Å². The summed E-state index contributed by atoms with van der Waals surface area (Å²) in [7, 11) is 0. The molecular formula is C7H13ClO. The van der Waals surface area contributed by atoms with Crippen LogP contribution in [0.15, 0.2) is 0 Å². The number of rotatable bonds is 3. The minimum Gasteiger partial charge on any atom is -0.381 e. The summed E-state index contributed by atoms with van der Waals surface area (Å²) in [6.45, 7) is 3.99. The summed E-state index contributed by atoms with van der Waals surface area (Å²) in [5, 5.41) is 0.374. The summed E-state index contributed by atoms with van der Waals surface area (Å²) >= 11 is 5.92. The lowest BCUT2D eigenvalue weighted by atomic mass is 10.0. The van der Waals surface area contributed by atoms with E-state index in [-0.39, 0.29) is 0 Å². The van der Waals surface area contributed by atoms with E-state index in [1.54, 1.807) is 0 Å². The van der Waals surface area contributed by atoms with Crippen LogP contribution in [0.4, 0.5) is 0 Å². The normalized spacial score (nSPS) is 23.3. The van der Waals surface area contributed by atoms with Crippen LogP contribution < -0.4 is 0 Å². The first-order valence-corrected chi connectivity index (χ1v) is 3.98. The van der Waals surface area contributed by atoms with Crippen molar-refractivity contribution in [3.8, 4) is 0 Å². The Hall–Kier alpha value is 0.250. The Kier molecular flexibility index (Phi) is 2.80. The van der Waals surface area contributed by atoms with Crippen LogP contribution in [0, 0.1) is 5.92 Å². The van der Waals surface area contributed by atoms with Gasteiger partial charge in [-0.1, -0.05) is 6.92 Å². The van der Waals surface area contributed by atoms with Gasteiger partial charge in [0.25, 0.3) is 0 Å². The molecule has 9 heavy (non-hydrogen) atoms. The van der Waals surface area contributed by atoms with E-state index in [4.69, 9.17) is 16.3 Å². The van der Waals surface area contributed by atoms with Crippen molar-refractivity contribution in [3.63, 3.8) is 0 Å². The maximum absolute atomic E-state index is 5.92. The Morgan fingerprint density at radius 2 is 2.33 bits per heavy atom. The average Bonchev–Trinajstić information content (AvgIpc) is 1.78. The topological polar surface area (TPSA) is 9.23 Å². The maximum Gasteiger partial charge on any atom is 0.0516 e. The highest BCUT2D eigenvalue weighted by molar-refractivity contribution is 6.20. The predicted octanol–water partition coefficient (Wildman–Crippen LogP) is 2.04. The molecule has 1 atom stereocenters. The molecule has 1 fully saturated rings. The summed E-state index contributed by atoms with van der Waals surface area (Å²) in [6.07, 6.45) is 2.22. The molecule has 0 N–H and O–H groups in total. The zero-order chi connectivity index (χ0) is 6.69. The highest BCUT2D eigenvalue weighted by Crippen LogP contribution is 2.20. The van der Waals surface area contributed by atoms with Gasteiger partial charge in [-0.05, 0) is 12.8 Å². The van der Waals surface area contributed by atoms with Gasteiger partial charge in [0.05, 0.1) is 13.2 Å². The van der Waals surface area contributed by atoms with Gasteiger partial charge < -0.3 is 4.74 Å². The monoisotopic (exact) mass is 148 g/mol. The summed E-state index contributed by atoms with van der Waals surface area (Å²) in [4.78, 5) is 0. The van der Waals surface area contributed by atoms with Crippen molar-refractivity contribution in [1.29, 1.82) is 0 Å². The first kappa shape index (κ1) is 7.36. The largest absolute Gasteiger partial charge is 0.381 e. The second-order valence-corrected chi connectivity index (χ2v) is 3.26. The molecule has 1 unspecified atom stereocenters. The van der Waals surface area contributed by atoms with Gasteiger partial charge in [-0.25, -0.2) is 0 Å². The van der Waals surface area contributed by atoms with Gasteiger partial charge in [-0.3, -0.25) is 0 Å². The Morgan fingerprint density at radius 3 is 2.67 bits per heavy atom. The molecule has 0 saturated carbocycles. The number of hydrogen-bond acceptors (Lipinski definition) is 1. The number of halogens is 1. The second-order valence-electron chi connectivity index (χ2n) is 2.64. The number of ether oxygens (including phenoxy) is 1. The van der Waals surface area contributed by atoms with Crippen LogP contribution in [0.5, 0.6) is 0 Å². The van der Waals surface area contributed by atoms with Crippen LogP contribution in [0.2, 0.25) is 0 Å². The fraction of sp³-hybridized carbons (Fsp3) is 1.00. The highest BCUT2D eigenvalue weighted by atomic mass is 35.5. The van der Waals surface area contributed by atoms with Gasteiger partial charge in [0.15, 0.2) is 0 Å². The molecule has 0 bridgehead atoms. The predicted molar refractivity (Wildman–Crippen MR) is 38.9 cm³/mol. The van der Waals surface area contributed by atoms with Crippen molar-refractivity contribution in [2.24, 2.45) is 5.92 Å². The quantitative estimate of drug-likeness (QED) is 0.557. The molecule has 1 heterocycles. The average molecular weight is 149 g/mol. The van der Waals surface area contributed by atoms with Crippen LogP contribution in [0.1, 0.15) is 19.8 Å². The molecule has 0 aromatic rings. The number of alkyl halides is 1. The van der Waals surface area contributed by atoms with E-state index >= 15 is 0 Å². The van der Waals surface area contributed by atoms with Crippen LogP contribution in [-0.2, 0) is 4.74 Å². The fourth-order valence-corrected chi connectivity index (χ4v) is 1.20. The summed E-state index contributed by atoms with van der Waals surface area (Å²) in [6, 6.07) is 0. The summed E-state index contributed by atoms with van der Waals surface area (Å²) in [5.41, 5.74) is 0. The van der Waals surface area contributed by atoms with E-state index in [0.29, 0.717) is 5.38 Å². The van der Waals surface area contributed by atoms with E-state index in [1.165, 1.54) is 0 Å². The van der Waals surface area contributed by atoms with Gasteiger partial charge >= 0.3 is 0 Å². The minimum atomic E-state index is 0.374. The molecule has 0 aliphatic carbocycles. The molecule has 0 radical (unpaired) electrons. The van der Waals surface area contributed by atoms with Crippen LogP contribution in [-0.4, -0.2) is 18.6 Å². The zero-order valence-electron chi connectivity index (χ0n) is 5.77. The molecule has 0 aromatic heterocycles. The molecule has 1 rings (SSSR count). The van der Waals surface area contributed by atoms with Crippen molar-refractivity contribution in [2.75, 3.05) is 13.2 Å². The molecule has 54 valence electrons. The van der Waals surface area contributed by atoms with Gasteiger partial charge in [-0.15, -0.1) is 11.6 Å². The first-order valence-electron chi connectivity index (χ1n) is 3.54. The van der Waals surface area contributed by atoms with Crippen molar-refractivity contribution >= 4 is 11.6 Å². The van der Waals surface area contributed by atoms with Crippen LogP contribution >= 0.6 is 11.6 Å². The van der Waals surface area contributed by atoms with Crippen LogP contribution in [0.3, 0.4) is 0 Å². The molecule has 1 aliphatic rings. The van der Waals surface area contributed by atoms with Gasteiger partial charge in [0.2, 0.25) is 0 Å². The SMILES string of the molecule is CCC(Cl)CC1COC1. The Morgan fingerprint density at radius 1 is 1.67 bits per heavy atom. The zero-order valence-corrected chi connectivity index (χ0v) is 6.53. The molecule has 1 nitrogen and oxygen atoms in total. The molecule has 1 aliphatic heterocycles. The standard InChI is InChI=1S/C7H13ClO/c1-2-7(8)3-6-4-9-5-6/h6-7H,2-5H2,1H3. The molecular weight excluding hydrogens is 136 g/mol. The molecule has 2 heteroatoms. The third-order valence-corrected chi connectivity index (χ3v) is 2.23. The summed E-state index contributed by atoms with van der Waals surface area (Å²) < 4.78 is 5.02. The van der Waals surface area contributed by atoms with E-state index in [9.17, 15) is 0 Å². The van der Waals surface area contributed by atoms with Crippen molar-refractivity contribution in [3.05, 3.63) is 0 Å². The van der Waals surface area contributed by atoms with Crippen molar-refractivity contribution < 1.29 is 4.74 Å². The molecule has 0 spiro atoms. The first-order chi connectivity index (χ1) is 4.33. The van der Waals surface area contributed by atoms with Crippen LogP contribution in [0.25, 0.3) is 0 Å². The summed E-state index contributed by atoms with van der Waals surface area (Å²) in [5.74, 6) is 0.757. The van der Waals surface area contributed by atoms with Gasteiger partial charge in [0.1, 0.15) is 0 Å². The lowest BCUT2D eigenvalue weighted by Crippen LogP contribution is -2.29. The Bertz CT molecular complexity index is 78.2. The molecule has 1 saturated heterocycles. The fourth-order valence-electron chi connectivity index (χ4n) is 0.949. The molecule has 0 amide bonds. The minimum absolute atomic E-state index is 0.374. The second kappa shape index (κ2) is 3.43. The lowest BCUT2D eigenvalue weighted by molar-refractivity contribution is -0.0357. The van der Waals surface area contributed by atoms with E-state index in [0.717, 1.165) is 32.0 Å². The highest BCUT2D eigenvalue weighted by Gasteiger charge is 2.20. The number of hydrogen-bond donors (Lipinski definition) is 0. The molecule has 0 aromatic carbocycles.